The third kappa shape index (κ3) is 3.62. The zero-order chi connectivity index (χ0) is 19.6. The maximum absolute atomic E-state index is 12.6. The summed E-state index contributed by atoms with van der Waals surface area (Å²) in [6.07, 6.45) is 0. The summed E-state index contributed by atoms with van der Waals surface area (Å²) in [5.74, 6) is -1.82. The number of para-hydroxylation sites is 1. The first-order chi connectivity index (χ1) is 12.9. The Morgan fingerprint density at radius 3 is 2.41 bits per heavy atom. The van der Waals surface area contributed by atoms with Gasteiger partial charge in [0.25, 0.3) is 0 Å². The van der Waals surface area contributed by atoms with Gasteiger partial charge in [-0.15, -0.1) is 0 Å². The number of fused-ring (bicyclic) bond motifs is 1. The molecule has 3 rings (SSSR count). The second-order valence-electron chi connectivity index (χ2n) is 5.99. The summed E-state index contributed by atoms with van der Waals surface area (Å²) in [7, 11) is 0. The first-order valence-corrected chi connectivity index (χ1v) is 8.47. The van der Waals surface area contributed by atoms with E-state index in [4.69, 9.17) is 13.9 Å². The van der Waals surface area contributed by atoms with Crippen molar-refractivity contribution in [3.63, 3.8) is 0 Å². The van der Waals surface area contributed by atoms with Crippen molar-refractivity contribution in [1.82, 2.24) is 4.98 Å². The monoisotopic (exact) mass is 369 g/mol. The molecule has 1 N–H and O–H groups in total. The molecule has 0 unspecified atom stereocenters. The summed E-state index contributed by atoms with van der Waals surface area (Å²) in [5, 5.41) is 0.762. The zero-order valence-electron chi connectivity index (χ0n) is 15.3. The van der Waals surface area contributed by atoms with Crippen LogP contribution in [0.4, 0.5) is 0 Å². The van der Waals surface area contributed by atoms with E-state index in [1.807, 2.05) is 6.07 Å². The number of furan rings is 1. The molecule has 0 amide bonds. The fourth-order valence-electron chi connectivity index (χ4n) is 2.95. The van der Waals surface area contributed by atoms with Crippen LogP contribution in [-0.2, 0) is 9.47 Å². The summed E-state index contributed by atoms with van der Waals surface area (Å²) in [4.78, 5) is 39.9. The summed E-state index contributed by atoms with van der Waals surface area (Å²) in [6.45, 7) is 4.71. The molecule has 140 valence electrons. The highest BCUT2D eigenvalue weighted by atomic mass is 16.5. The van der Waals surface area contributed by atoms with Gasteiger partial charge in [0.2, 0.25) is 11.5 Å². The van der Waals surface area contributed by atoms with Crippen LogP contribution >= 0.6 is 0 Å². The van der Waals surface area contributed by atoms with Gasteiger partial charge in [-0.3, -0.25) is 4.79 Å². The number of aryl methyl sites for hydroxylation is 2. The number of carbonyl (C=O) groups is 3. The number of H-pyrrole nitrogens is 1. The van der Waals surface area contributed by atoms with E-state index in [2.05, 4.69) is 4.98 Å². The second-order valence-corrected chi connectivity index (χ2v) is 5.99. The van der Waals surface area contributed by atoms with Crippen LogP contribution in [0.15, 0.2) is 34.7 Å². The molecule has 0 saturated heterocycles. The molecule has 0 aliphatic rings. The van der Waals surface area contributed by atoms with Crippen LogP contribution in [0.25, 0.3) is 11.0 Å². The average Bonchev–Trinajstić information content (AvgIpc) is 3.19. The summed E-state index contributed by atoms with van der Waals surface area (Å²) >= 11 is 0. The molecule has 7 nitrogen and oxygen atoms in total. The Kier molecular flexibility index (Phi) is 5.12. The topological polar surface area (TPSA) is 98.6 Å². The lowest BCUT2D eigenvalue weighted by molar-refractivity contribution is 0.0444. The molecular formula is C20H19NO6. The Bertz CT molecular complexity index is 993. The molecule has 1 aromatic carbocycles. The van der Waals surface area contributed by atoms with Crippen molar-refractivity contribution in [2.75, 3.05) is 13.2 Å². The number of hydrogen-bond donors (Lipinski definition) is 1. The number of ether oxygens (including phenoxy) is 2. The van der Waals surface area contributed by atoms with Gasteiger partial charge in [0.1, 0.15) is 5.58 Å². The quantitative estimate of drug-likeness (QED) is 0.527. The Morgan fingerprint density at radius 1 is 1.00 bits per heavy atom. The lowest BCUT2D eigenvalue weighted by atomic mass is 10.1. The number of benzene rings is 1. The van der Waals surface area contributed by atoms with Crippen LogP contribution in [-0.4, -0.2) is 35.9 Å². The van der Waals surface area contributed by atoms with Crippen LogP contribution < -0.4 is 0 Å². The highest BCUT2D eigenvalue weighted by molar-refractivity contribution is 6.09. The van der Waals surface area contributed by atoms with Gasteiger partial charge < -0.3 is 18.9 Å². The lowest BCUT2D eigenvalue weighted by Gasteiger charge is -2.06. The highest BCUT2D eigenvalue weighted by Crippen LogP contribution is 2.22. The minimum atomic E-state index is -0.748. The van der Waals surface area contributed by atoms with E-state index in [-0.39, 0.29) is 23.5 Å². The van der Waals surface area contributed by atoms with Crippen LogP contribution in [0.3, 0.4) is 0 Å². The normalized spacial score (nSPS) is 10.8. The van der Waals surface area contributed by atoms with E-state index in [1.165, 1.54) is 0 Å². The van der Waals surface area contributed by atoms with E-state index in [1.54, 1.807) is 45.0 Å². The SMILES string of the molecule is CCOC(=O)c1c(C)[nH]c(C)c1C(=O)COC(=O)c1cc2ccccc2o1. The first kappa shape index (κ1) is 18.4. The number of aromatic amines is 1. The molecule has 0 bridgehead atoms. The van der Waals surface area contributed by atoms with Gasteiger partial charge in [0, 0.05) is 16.8 Å². The number of rotatable bonds is 6. The third-order valence-corrected chi connectivity index (χ3v) is 4.09. The van der Waals surface area contributed by atoms with E-state index in [9.17, 15) is 14.4 Å². The van der Waals surface area contributed by atoms with Crippen LogP contribution in [0.1, 0.15) is 49.6 Å². The van der Waals surface area contributed by atoms with Gasteiger partial charge in [-0.1, -0.05) is 18.2 Å². The predicted octanol–water partition coefficient (Wildman–Crippen LogP) is 3.59. The largest absolute Gasteiger partial charge is 0.462 e. The van der Waals surface area contributed by atoms with Crippen LogP contribution in [0.5, 0.6) is 0 Å². The standard InChI is InChI=1S/C20H19NO6/c1-4-25-20(24)18-12(3)21-11(2)17(18)14(22)10-26-19(23)16-9-13-7-5-6-8-15(13)27-16/h5-9,21H,4,10H2,1-3H3. The number of aromatic nitrogens is 1. The fourth-order valence-corrected chi connectivity index (χ4v) is 2.95. The molecule has 7 heteroatoms. The predicted molar refractivity (Wildman–Crippen MR) is 97.1 cm³/mol. The molecule has 0 atom stereocenters. The second kappa shape index (κ2) is 7.49. The summed E-state index contributed by atoms with van der Waals surface area (Å²) in [5.41, 5.74) is 1.93. The van der Waals surface area contributed by atoms with Crippen molar-refractivity contribution in [2.45, 2.75) is 20.8 Å². The van der Waals surface area contributed by atoms with Gasteiger partial charge in [-0.2, -0.15) is 0 Å². The van der Waals surface area contributed by atoms with Crippen LogP contribution in [0, 0.1) is 13.8 Å². The van der Waals surface area contributed by atoms with Crippen molar-refractivity contribution in [3.05, 3.63) is 58.6 Å². The number of Topliss-reactive ketones (excluding diaryl/α,β-unsaturated/α-hetero) is 1. The smallest absolute Gasteiger partial charge is 0.374 e. The Balaban J connectivity index is 1.76. The molecule has 27 heavy (non-hydrogen) atoms. The molecule has 0 radical (unpaired) electrons. The number of nitrogens with one attached hydrogen (secondary N) is 1. The Morgan fingerprint density at radius 2 is 1.70 bits per heavy atom. The Labute approximate surface area is 155 Å². The van der Waals surface area contributed by atoms with Gasteiger partial charge in [-0.05, 0) is 32.9 Å². The van der Waals surface area contributed by atoms with Gasteiger partial charge >= 0.3 is 11.9 Å². The molecular weight excluding hydrogens is 350 g/mol. The highest BCUT2D eigenvalue weighted by Gasteiger charge is 2.26. The molecule has 0 spiro atoms. The minimum absolute atomic E-state index is 0.0107. The average molecular weight is 369 g/mol. The first-order valence-electron chi connectivity index (χ1n) is 8.47. The maximum atomic E-state index is 12.6. The molecule has 0 aliphatic heterocycles. The number of esters is 2. The van der Waals surface area contributed by atoms with Crippen LogP contribution in [0.2, 0.25) is 0 Å². The molecule has 2 aromatic heterocycles. The molecule has 3 aromatic rings. The van der Waals surface area contributed by atoms with Crippen molar-refractivity contribution in [2.24, 2.45) is 0 Å². The molecule has 0 fully saturated rings. The van der Waals surface area contributed by atoms with E-state index < -0.39 is 24.3 Å². The molecule has 0 saturated carbocycles. The summed E-state index contributed by atoms with van der Waals surface area (Å²) < 4.78 is 15.5. The van der Waals surface area contributed by atoms with Crippen molar-refractivity contribution >= 4 is 28.7 Å². The fraction of sp³-hybridized carbons (Fsp3) is 0.250. The van der Waals surface area contributed by atoms with E-state index in [0.29, 0.717) is 17.0 Å². The maximum Gasteiger partial charge on any atom is 0.374 e. The summed E-state index contributed by atoms with van der Waals surface area (Å²) in [6, 6.07) is 8.70. The lowest BCUT2D eigenvalue weighted by Crippen LogP contribution is -2.18. The number of ketones is 1. The van der Waals surface area contributed by atoms with Gasteiger partial charge in [0.15, 0.2) is 6.61 Å². The minimum Gasteiger partial charge on any atom is -0.462 e. The van der Waals surface area contributed by atoms with Gasteiger partial charge in [-0.25, -0.2) is 9.59 Å². The zero-order valence-corrected chi connectivity index (χ0v) is 15.3. The number of carbonyl (C=O) groups excluding carboxylic acids is 3. The van der Waals surface area contributed by atoms with E-state index in [0.717, 1.165) is 5.39 Å². The van der Waals surface area contributed by atoms with E-state index >= 15 is 0 Å². The number of hydrogen-bond acceptors (Lipinski definition) is 6. The molecule has 2 heterocycles. The van der Waals surface area contributed by atoms with Gasteiger partial charge in [0.05, 0.1) is 17.7 Å². The van der Waals surface area contributed by atoms with Crippen molar-refractivity contribution in [1.29, 1.82) is 0 Å². The van der Waals surface area contributed by atoms with Crippen molar-refractivity contribution < 1.29 is 28.3 Å². The Hall–Kier alpha value is -3.35. The third-order valence-electron chi connectivity index (χ3n) is 4.09. The molecule has 0 aliphatic carbocycles. The van der Waals surface area contributed by atoms with Crippen molar-refractivity contribution in [3.8, 4) is 0 Å².